The summed E-state index contributed by atoms with van der Waals surface area (Å²) in [4.78, 5) is 13.4. The van der Waals surface area contributed by atoms with Crippen LogP contribution < -0.4 is 5.32 Å². The monoisotopic (exact) mass is 496 g/mol. The first-order valence-corrected chi connectivity index (χ1v) is 10.1. The van der Waals surface area contributed by atoms with Gasteiger partial charge in [-0.1, -0.05) is 23.7 Å². The highest BCUT2D eigenvalue weighted by atomic mass is 35.5. The molecular formula is C21H19ClF6N2O3. The normalized spacial score (nSPS) is 18.6. The second-order valence-electron chi connectivity index (χ2n) is 7.31. The summed E-state index contributed by atoms with van der Waals surface area (Å²) < 4.78 is 88.9. The molecule has 0 radical (unpaired) electrons. The standard InChI is InChI=1S/C21H19ClF6N2O3/c22-15-5-7-16(8-6-15)29-19(31)33-18(21(26,27)28)12-30-9-10-32-17(11-30)13-1-3-14(4-2-13)20(23,24)25/h1-8,17-18H,9-12H2,(H,29,31)/t17-,18+/m1/s1. The van der Waals surface area contributed by atoms with Gasteiger partial charge in [0.1, 0.15) is 0 Å². The summed E-state index contributed by atoms with van der Waals surface area (Å²) in [6, 6.07) is 9.95. The number of hydrogen-bond acceptors (Lipinski definition) is 4. The topological polar surface area (TPSA) is 50.8 Å². The molecule has 0 bridgehead atoms. The minimum Gasteiger partial charge on any atom is -0.435 e. The number of amides is 1. The Morgan fingerprint density at radius 1 is 1.09 bits per heavy atom. The average Bonchev–Trinajstić information content (AvgIpc) is 2.74. The molecule has 1 saturated heterocycles. The van der Waals surface area contributed by atoms with Crippen LogP contribution in [0.2, 0.25) is 5.02 Å². The van der Waals surface area contributed by atoms with Crippen LogP contribution in [0.15, 0.2) is 48.5 Å². The lowest BCUT2D eigenvalue weighted by Crippen LogP contribution is -2.48. The minimum atomic E-state index is -4.83. The maximum absolute atomic E-state index is 13.5. The van der Waals surface area contributed by atoms with Gasteiger partial charge in [-0.2, -0.15) is 26.3 Å². The maximum atomic E-state index is 13.5. The van der Waals surface area contributed by atoms with Crippen LogP contribution in [0.1, 0.15) is 17.2 Å². The Bertz CT molecular complexity index is 935. The largest absolute Gasteiger partial charge is 0.435 e. The molecular weight excluding hydrogens is 478 g/mol. The van der Waals surface area contributed by atoms with Crippen LogP contribution in [-0.2, 0) is 15.7 Å². The second kappa shape index (κ2) is 10.2. The van der Waals surface area contributed by atoms with Crippen molar-refractivity contribution in [1.82, 2.24) is 4.90 Å². The van der Waals surface area contributed by atoms with E-state index in [0.29, 0.717) is 10.6 Å². The van der Waals surface area contributed by atoms with Gasteiger partial charge in [-0.3, -0.25) is 10.2 Å². The van der Waals surface area contributed by atoms with Gasteiger partial charge in [0.15, 0.2) is 0 Å². The van der Waals surface area contributed by atoms with Gasteiger partial charge in [0.25, 0.3) is 0 Å². The van der Waals surface area contributed by atoms with Crippen molar-refractivity contribution >= 4 is 23.4 Å². The van der Waals surface area contributed by atoms with Crippen LogP contribution in [0.4, 0.5) is 36.8 Å². The summed E-state index contributed by atoms with van der Waals surface area (Å²) in [5.41, 5.74) is -0.229. The second-order valence-corrected chi connectivity index (χ2v) is 7.74. The predicted molar refractivity (Wildman–Crippen MR) is 108 cm³/mol. The van der Waals surface area contributed by atoms with E-state index in [1.165, 1.54) is 41.3 Å². The maximum Gasteiger partial charge on any atom is 0.426 e. The van der Waals surface area contributed by atoms with Crippen molar-refractivity contribution in [3.05, 3.63) is 64.7 Å². The molecule has 1 heterocycles. The van der Waals surface area contributed by atoms with Crippen molar-refractivity contribution in [2.24, 2.45) is 0 Å². The Kier molecular flexibility index (Phi) is 7.76. The van der Waals surface area contributed by atoms with Crippen molar-refractivity contribution in [3.63, 3.8) is 0 Å². The summed E-state index contributed by atoms with van der Waals surface area (Å²) in [7, 11) is 0. The van der Waals surface area contributed by atoms with E-state index in [9.17, 15) is 31.1 Å². The number of nitrogens with one attached hydrogen (secondary N) is 1. The van der Waals surface area contributed by atoms with E-state index in [4.69, 9.17) is 16.3 Å². The lowest BCUT2D eigenvalue weighted by molar-refractivity contribution is -0.209. The molecule has 2 atom stereocenters. The molecule has 12 heteroatoms. The van der Waals surface area contributed by atoms with Crippen LogP contribution in [0.25, 0.3) is 0 Å². The fourth-order valence-electron chi connectivity index (χ4n) is 3.21. The number of rotatable bonds is 5. The van der Waals surface area contributed by atoms with Gasteiger partial charge in [0, 0.05) is 30.3 Å². The van der Waals surface area contributed by atoms with Crippen LogP contribution in [-0.4, -0.2) is 49.5 Å². The van der Waals surface area contributed by atoms with E-state index in [1.807, 2.05) is 0 Å². The smallest absolute Gasteiger partial charge is 0.426 e. The molecule has 1 amide bonds. The minimum absolute atomic E-state index is 0.0138. The zero-order valence-electron chi connectivity index (χ0n) is 16.9. The molecule has 180 valence electrons. The number of nitrogens with zero attached hydrogens (tertiary/aromatic N) is 1. The Balaban J connectivity index is 1.62. The number of halogens is 7. The van der Waals surface area contributed by atoms with E-state index >= 15 is 0 Å². The van der Waals surface area contributed by atoms with Crippen LogP contribution in [0, 0.1) is 0 Å². The molecule has 2 aromatic carbocycles. The third-order valence-electron chi connectivity index (χ3n) is 4.89. The molecule has 0 unspecified atom stereocenters. The SMILES string of the molecule is O=C(Nc1ccc(Cl)cc1)O[C@@H](CN1CCO[C@@H](c2ccc(C(F)(F)F)cc2)C1)C(F)(F)F. The molecule has 5 nitrogen and oxygen atoms in total. The lowest BCUT2D eigenvalue weighted by Gasteiger charge is -2.35. The fraction of sp³-hybridized carbons (Fsp3) is 0.381. The summed E-state index contributed by atoms with van der Waals surface area (Å²) in [5.74, 6) is 0. The van der Waals surface area contributed by atoms with Crippen LogP contribution in [0.3, 0.4) is 0 Å². The number of anilines is 1. The van der Waals surface area contributed by atoms with E-state index in [1.54, 1.807) is 0 Å². The molecule has 0 aromatic heterocycles. The van der Waals surface area contributed by atoms with Crippen LogP contribution >= 0.6 is 11.6 Å². The summed E-state index contributed by atoms with van der Waals surface area (Å²) >= 11 is 5.73. The van der Waals surface area contributed by atoms with Gasteiger partial charge < -0.3 is 9.47 Å². The highest BCUT2D eigenvalue weighted by Gasteiger charge is 2.44. The summed E-state index contributed by atoms with van der Waals surface area (Å²) in [5, 5.41) is 2.59. The molecule has 1 aliphatic rings. The number of ether oxygens (including phenoxy) is 2. The van der Waals surface area contributed by atoms with Gasteiger partial charge >= 0.3 is 18.4 Å². The van der Waals surface area contributed by atoms with Gasteiger partial charge in [-0.05, 0) is 42.0 Å². The molecule has 1 fully saturated rings. The molecule has 3 rings (SSSR count). The van der Waals surface area contributed by atoms with E-state index < -0.39 is 42.8 Å². The van der Waals surface area contributed by atoms with Crippen molar-refractivity contribution in [2.45, 2.75) is 24.6 Å². The highest BCUT2D eigenvalue weighted by Crippen LogP contribution is 2.32. The van der Waals surface area contributed by atoms with Crippen LogP contribution in [0.5, 0.6) is 0 Å². The van der Waals surface area contributed by atoms with Gasteiger partial charge in [0.05, 0.1) is 18.3 Å². The van der Waals surface area contributed by atoms with Crippen molar-refractivity contribution < 1.29 is 40.6 Å². The van der Waals surface area contributed by atoms with E-state index in [-0.39, 0.29) is 25.4 Å². The van der Waals surface area contributed by atoms with Crippen molar-refractivity contribution in [3.8, 4) is 0 Å². The Morgan fingerprint density at radius 2 is 1.73 bits per heavy atom. The molecule has 0 aliphatic carbocycles. The zero-order chi connectivity index (χ0) is 24.2. The number of carbonyl (C=O) groups excluding carboxylic acids is 1. The third-order valence-corrected chi connectivity index (χ3v) is 5.14. The first-order valence-electron chi connectivity index (χ1n) is 9.73. The fourth-order valence-corrected chi connectivity index (χ4v) is 3.33. The number of hydrogen-bond donors (Lipinski definition) is 1. The Morgan fingerprint density at radius 3 is 2.30 bits per heavy atom. The molecule has 1 aliphatic heterocycles. The van der Waals surface area contributed by atoms with Crippen molar-refractivity contribution in [1.29, 1.82) is 0 Å². The number of alkyl halides is 6. The van der Waals surface area contributed by atoms with E-state index in [2.05, 4.69) is 10.1 Å². The molecule has 0 saturated carbocycles. The van der Waals surface area contributed by atoms with Crippen molar-refractivity contribution in [2.75, 3.05) is 31.6 Å². The van der Waals surface area contributed by atoms with Gasteiger partial charge in [-0.25, -0.2) is 4.79 Å². The Hall–Kier alpha value is -2.50. The van der Waals surface area contributed by atoms with E-state index in [0.717, 1.165) is 12.1 Å². The molecule has 2 aromatic rings. The number of benzene rings is 2. The van der Waals surface area contributed by atoms with Gasteiger partial charge in [-0.15, -0.1) is 0 Å². The average molecular weight is 497 g/mol. The van der Waals surface area contributed by atoms with Gasteiger partial charge in [0.2, 0.25) is 6.10 Å². The highest BCUT2D eigenvalue weighted by molar-refractivity contribution is 6.30. The quantitative estimate of drug-likeness (QED) is 0.523. The molecule has 1 N–H and O–H groups in total. The summed E-state index contributed by atoms with van der Waals surface area (Å²) in [6.07, 6.45) is -13.8. The molecule has 0 spiro atoms. The summed E-state index contributed by atoms with van der Waals surface area (Å²) in [6.45, 7) is -0.475. The first-order chi connectivity index (χ1) is 15.4. The number of morpholine rings is 1. The lowest BCUT2D eigenvalue weighted by atomic mass is 10.0. The first kappa shape index (κ1) is 25.1. The zero-order valence-corrected chi connectivity index (χ0v) is 17.7. The third kappa shape index (κ3) is 7.24. The predicted octanol–water partition coefficient (Wildman–Crippen LogP) is 5.91. The molecule has 33 heavy (non-hydrogen) atoms. The Labute approximate surface area is 190 Å². The number of carbonyl (C=O) groups is 1.